The van der Waals surface area contributed by atoms with Crippen molar-refractivity contribution in [3.63, 3.8) is 0 Å². The Kier molecular flexibility index (Phi) is 7.30. The second-order valence-corrected chi connectivity index (χ2v) is 10.5. The van der Waals surface area contributed by atoms with Gasteiger partial charge < -0.3 is 13.9 Å². The molecule has 0 unspecified atom stereocenters. The summed E-state index contributed by atoms with van der Waals surface area (Å²) in [4.78, 5) is 14.7. The van der Waals surface area contributed by atoms with E-state index >= 15 is 0 Å². The van der Waals surface area contributed by atoms with E-state index in [0.717, 1.165) is 13.1 Å². The standard InChI is InChI=1S/C23H30N2O6S/c1-29-10-11-32(27,28)25-8-6-18(7-9-25)16-31-23-17-30-21(12-22(23)26)15-24-13-19-4-2-3-5-20(19)14-24/h2-5,12,17-18H,6-11,13-16H2,1H3. The lowest BCUT2D eigenvalue weighted by Crippen LogP contribution is -2.41. The summed E-state index contributed by atoms with van der Waals surface area (Å²) < 4.78 is 42.3. The fourth-order valence-corrected chi connectivity index (χ4v) is 5.64. The lowest BCUT2D eigenvalue weighted by molar-refractivity contribution is 0.178. The van der Waals surface area contributed by atoms with Crippen LogP contribution in [0, 0.1) is 5.92 Å². The molecule has 174 valence electrons. The molecule has 3 heterocycles. The van der Waals surface area contributed by atoms with Gasteiger partial charge in [-0.3, -0.25) is 9.69 Å². The van der Waals surface area contributed by atoms with E-state index in [9.17, 15) is 13.2 Å². The summed E-state index contributed by atoms with van der Waals surface area (Å²) in [5.74, 6) is 1.02. The van der Waals surface area contributed by atoms with Crippen molar-refractivity contribution in [3.05, 3.63) is 63.7 Å². The van der Waals surface area contributed by atoms with Crippen molar-refractivity contribution in [2.75, 3.05) is 39.2 Å². The van der Waals surface area contributed by atoms with Crippen molar-refractivity contribution >= 4 is 10.0 Å². The van der Waals surface area contributed by atoms with Crippen molar-refractivity contribution in [1.82, 2.24) is 9.21 Å². The Morgan fingerprint density at radius 1 is 1.12 bits per heavy atom. The van der Waals surface area contributed by atoms with Gasteiger partial charge in [-0.1, -0.05) is 24.3 Å². The molecule has 0 bridgehead atoms. The Morgan fingerprint density at radius 2 is 1.81 bits per heavy atom. The van der Waals surface area contributed by atoms with Gasteiger partial charge >= 0.3 is 0 Å². The molecule has 2 aromatic rings. The number of fused-ring (bicyclic) bond motifs is 1. The third kappa shape index (κ3) is 5.58. The van der Waals surface area contributed by atoms with Crippen LogP contribution in [0.5, 0.6) is 5.75 Å². The van der Waals surface area contributed by atoms with E-state index in [0.29, 0.717) is 44.8 Å². The molecule has 8 nitrogen and oxygen atoms in total. The van der Waals surface area contributed by atoms with Crippen LogP contribution < -0.4 is 10.2 Å². The number of ether oxygens (including phenoxy) is 2. The van der Waals surface area contributed by atoms with E-state index in [1.807, 2.05) is 12.1 Å². The Bertz CT molecular complexity index is 1050. The zero-order valence-corrected chi connectivity index (χ0v) is 19.2. The predicted octanol–water partition coefficient (Wildman–Crippen LogP) is 2.22. The van der Waals surface area contributed by atoms with E-state index in [2.05, 4.69) is 17.0 Å². The average Bonchev–Trinajstić information content (AvgIpc) is 3.20. The summed E-state index contributed by atoms with van der Waals surface area (Å²) in [6.45, 7) is 3.76. The predicted molar refractivity (Wildman–Crippen MR) is 120 cm³/mol. The van der Waals surface area contributed by atoms with Gasteiger partial charge in [-0.2, -0.15) is 0 Å². The molecule has 0 radical (unpaired) electrons. The maximum absolute atomic E-state index is 12.5. The van der Waals surface area contributed by atoms with E-state index < -0.39 is 10.0 Å². The molecule has 0 atom stereocenters. The number of hydrogen-bond acceptors (Lipinski definition) is 7. The summed E-state index contributed by atoms with van der Waals surface area (Å²) in [6, 6.07) is 9.84. The first-order valence-corrected chi connectivity index (χ1v) is 12.6. The molecular formula is C23H30N2O6S. The SMILES string of the molecule is COCCS(=O)(=O)N1CCC(COc2coc(CN3Cc4ccccc4C3)cc2=O)CC1. The summed E-state index contributed by atoms with van der Waals surface area (Å²) in [7, 11) is -1.78. The van der Waals surface area contributed by atoms with Gasteiger partial charge in [-0.25, -0.2) is 12.7 Å². The quantitative estimate of drug-likeness (QED) is 0.565. The molecule has 0 saturated carbocycles. The van der Waals surface area contributed by atoms with Gasteiger partial charge in [0.25, 0.3) is 0 Å². The van der Waals surface area contributed by atoms with Crippen LogP contribution >= 0.6 is 0 Å². The summed E-state index contributed by atoms with van der Waals surface area (Å²) in [5, 5.41) is 0. The van der Waals surface area contributed by atoms with Crippen LogP contribution in [0.25, 0.3) is 0 Å². The van der Waals surface area contributed by atoms with E-state index in [1.165, 1.54) is 34.9 Å². The van der Waals surface area contributed by atoms with Crippen molar-refractivity contribution in [2.24, 2.45) is 5.92 Å². The number of benzene rings is 1. The molecule has 2 aliphatic heterocycles. The van der Waals surface area contributed by atoms with E-state index in [-0.39, 0.29) is 29.5 Å². The third-order valence-electron chi connectivity index (χ3n) is 6.12. The van der Waals surface area contributed by atoms with Crippen LogP contribution in [0.1, 0.15) is 29.7 Å². The number of sulfonamides is 1. The number of rotatable bonds is 9. The Morgan fingerprint density at radius 3 is 2.44 bits per heavy atom. The van der Waals surface area contributed by atoms with E-state index in [1.54, 1.807) is 0 Å². The topological polar surface area (TPSA) is 89.3 Å². The molecule has 4 rings (SSSR count). The lowest BCUT2D eigenvalue weighted by atomic mass is 9.99. The number of hydrogen-bond donors (Lipinski definition) is 0. The minimum absolute atomic E-state index is 0.00157. The molecule has 1 fully saturated rings. The highest BCUT2D eigenvalue weighted by molar-refractivity contribution is 7.89. The fourth-order valence-electron chi connectivity index (χ4n) is 4.24. The van der Waals surface area contributed by atoms with Gasteiger partial charge in [0.05, 0.1) is 25.5 Å². The molecule has 2 aliphatic rings. The van der Waals surface area contributed by atoms with Gasteiger partial charge in [0, 0.05) is 39.4 Å². The molecule has 0 amide bonds. The van der Waals surface area contributed by atoms with Crippen molar-refractivity contribution in [3.8, 4) is 5.75 Å². The van der Waals surface area contributed by atoms with Crippen molar-refractivity contribution in [1.29, 1.82) is 0 Å². The zero-order chi connectivity index (χ0) is 22.6. The summed E-state index contributed by atoms with van der Waals surface area (Å²) in [6.07, 6.45) is 2.79. The maximum atomic E-state index is 12.5. The Hall–Kier alpha value is -2.20. The number of piperidine rings is 1. The van der Waals surface area contributed by atoms with Crippen molar-refractivity contribution < 1.29 is 22.3 Å². The van der Waals surface area contributed by atoms with Crippen LogP contribution in [0.2, 0.25) is 0 Å². The lowest BCUT2D eigenvalue weighted by Gasteiger charge is -2.30. The molecule has 0 spiro atoms. The fraction of sp³-hybridized carbons (Fsp3) is 0.522. The van der Waals surface area contributed by atoms with Crippen LogP contribution in [-0.2, 0) is 34.4 Å². The minimum atomic E-state index is -3.28. The molecule has 32 heavy (non-hydrogen) atoms. The highest BCUT2D eigenvalue weighted by Crippen LogP contribution is 2.24. The van der Waals surface area contributed by atoms with Gasteiger partial charge in [0.15, 0.2) is 0 Å². The molecule has 0 N–H and O–H groups in total. The van der Waals surface area contributed by atoms with Crippen LogP contribution in [0.3, 0.4) is 0 Å². The summed E-state index contributed by atoms with van der Waals surface area (Å²) >= 11 is 0. The van der Waals surface area contributed by atoms with Crippen LogP contribution in [0.15, 0.2) is 45.8 Å². The van der Waals surface area contributed by atoms with Crippen molar-refractivity contribution in [2.45, 2.75) is 32.5 Å². The van der Waals surface area contributed by atoms with Crippen LogP contribution in [0.4, 0.5) is 0 Å². The van der Waals surface area contributed by atoms with Gasteiger partial charge in [0.2, 0.25) is 21.2 Å². The smallest absolute Gasteiger partial charge is 0.227 e. The van der Waals surface area contributed by atoms with Crippen LogP contribution in [-0.4, -0.2) is 56.8 Å². The average molecular weight is 463 g/mol. The molecule has 9 heteroatoms. The minimum Gasteiger partial charge on any atom is -0.486 e. The van der Waals surface area contributed by atoms with E-state index in [4.69, 9.17) is 13.9 Å². The Labute approximate surface area is 188 Å². The Balaban J connectivity index is 1.25. The largest absolute Gasteiger partial charge is 0.486 e. The first-order valence-electron chi connectivity index (χ1n) is 10.9. The normalized spacial score (nSPS) is 18.0. The maximum Gasteiger partial charge on any atom is 0.227 e. The molecule has 1 aromatic heterocycles. The highest BCUT2D eigenvalue weighted by Gasteiger charge is 2.28. The van der Waals surface area contributed by atoms with Gasteiger partial charge in [0.1, 0.15) is 12.0 Å². The number of nitrogens with zero attached hydrogens (tertiary/aromatic N) is 2. The first kappa shape index (κ1) is 23.0. The monoisotopic (exact) mass is 462 g/mol. The summed E-state index contributed by atoms with van der Waals surface area (Å²) in [5.41, 5.74) is 2.43. The molecule has 0 aliphatic carbocycles. The third-order valence-corrected chi connectivity index (χ3v) is 7.96. The molecule has 1 aromatic carbocycles. The van der Waals surface area contributed by atoms with Gasteiger partial charge in [-0.05, 0) is 29.9 Å². The molecule has 1 saturated heterocycles. The highest BCUT2D eigenvalue weighted by atomic mass is 32.2. The zero-order valence-electron chi connectivity index (χ0n) is 18.4. The second kappa shape index (κ2) is 10.2. The van der Waals surface area contributed by atoms with Gasteiger partial charge in [-0.15, -0.1) is 0 Å². The first-order chi connectivity index (χ1) is 15.4. The second-order valence-electron chi connectivity index (χ2n) is 8.45. The molecular weight excluding hydrogens is 432 g/mol. The number of methoxy groups -OCH3 is 1.